The van der Waals surface area contributed by atoms with Crippen LogP contribution >= 0.6 is 0 Å². The first-order valence-corrected chi connectivity index (χ1v) is 19.6. The van der Waals surface area contributed by atoms with Gasteiger partial charge in [-0.15, -0.1) is 0 Å². The second-order valence-corrected chi connectivity index (χ2v) is 16.1. The zero-order valence-electron chi connectivity index (χ0n) is 31.8. The Balaban J connectivity index is 0.965. The van der Waals surface area contributed by atoms with Crippen LogP contribution < -0.4 is 4.74 Å². The monoisotopic (exact) mass is 723 g/mol. The highest BCUT2D eigenvalue weighted by Gasteiger charge is 2.34. The number of benzene rings is 3. The summed E-state index contributed by atoms with van der Waals surface area (Å²) in [5, 5.41) is 0. The quantitative estimate of drug-likeness (QED) is 0.189. The summed E-state index contributed by atoms with van der Waals surface area (Å²) in [7, 11) is 0. The molecule has 6 rings (SSSR count). The average molecular weight is 724 g/mol. The van der Waals surface area contributed by atoms with E-state index in [9.17, 15) is 14.4 Å². The molecule has 284 valence electrons. The van der Waals surface area contributed by atoms with Crippen molar-refractivity contribution in [2.24, 2.45) is 17.8 Å². The van der Waals surface area contributed by atoms with Gasteiger partial charge in [0.05, 0.1) is 13.2 Å². The minimum atomic E-state index is -0.539. The van der Waals surface area contributed by atoms with E-state index in [1.807, 2.05) is 80.3 Å². The molecule has 0 aliphatic carbocycles. The van der Waals surface area contributed by atoms with Crippen molar-refractivity contribution in [1.82, 2.24) is 14.7 Å². The lowest BCUT2D eigenvalue weighted by Crippen LogP contribution is -2.47. The Labute approximate surface area is 315 Å². The van der Waals surface area contributed by atoms with E-state index in [-0.39, 0.29) is 23.9 Å². The molecule has 9 nitrogen and oxygen atoms in total. The predicted molar refractivity (Wildman–Crippen MR) is 205 cm³/mol. The first kappa shape index (κ1) is 38.4. The van der Waals surface area contributed by atoms with Crippen molar-refractivity contribution in [1.29, 1.82) is 0 Å². The number of carbonyl (C=O) groups excluding carboxylic acids is 3. The summed E-state index contributed by atoms with van der Waals surface area (Å²) in [5.41, 5.74) is 2.56. The van der Waals surface area contributed by atoms with Gasteiger partial charge in [-0.05, 0) is 113 Å². The van der Waals surface area contributed by atoms with Crippen molar-refractivity contribution in [2.75, 3.05) is 52.5 Å². The molecule has 3 aromatic carbocycles. The fourth-order valence-electron chi connectivity index (χ4n) is 7.76. The molecule has 0 saturated carbocycles. The molecule has 3 heterocycles. The van der Waals surface area contributed by atoms with E-state index >= 15 is 0 Å². The third-order valence-corrected chi connectivity index (χ3v) is 10.9. The van der Waals surface area contributed by atoms with Gasteiger partial charge >= 0.3 is 12.1 Å². The van der Waals surface area contributed by atoms with Gasteiger partial charge < -0.3 is 24.0 Å². The second-order valence-electron chi connectivity index (χ2n) is 16.1. The number of carbonyl (C=O) groups is 3. The lowest BCUT2D eigenvalue weighted by Gasteiger charge is -2.37. The third kappa shape index (κ3) is 11.1. The molecule has 3 aromatic rings. The Morgan fingerprint density at radius 1 is 0.679 bits per heavy atom. The molecule has 1 atom stereocenters. The van der Waals surface area contributed by atoms with Gasteiger partial charge in [0.1, 0.15) is 17.3 Å². The molecule has 0 N–H and O–H groups in total. The minimum absolute atomic E-state index is 0.0496. The third-order valence-electron chi connectivity index (χ3n) is 10.9. The number of esters is 1. The molecule has 1 unspecified atom stereocenters. The SMILES string of the molecule is CC(C)(C)OC(=O)N1CCC(C(=O)N2CCC(COc3cccc(C(C(=O)OCC4CCN(Cc5ccccc5)CC4)c4ccccc4)c3)CC2)CC1. The Morgan fingerprint density at radius 2 is 1.26 bits per heavy atom. The average Bonchev–Trinajstić information content (AvgIpc) is 3.17. The van der Waals surface area contributed by atoms with Crippen LogP contribution in [0.2, 0.25) is 0 Å². The molecular weight excluding hydrogens is 666 g/mol. The lowest BCUT2D eigenvalue weighted by atomic mass is 9.91. The molecule has 53 heavy (non-hydrogen) atoms. The van der Waals surface area contributed by atoms with Crippen LogP contribution in [0.25, 0.3) is 0 Å². The van der Waals surface area contributed by atoms with Gasteiger partial charge in [-0.3, -0.25) is 14.5 Å². The molecule has 0 spiro atoms. The first-order valence-electron chi connectivity index (χ1n) is 19.6. The van der Waals surface area contributed by atoms with E-state index in [2.05, 4.69) is 35.2 Å². The highest BCUT2D eigenvalue weighted by atomic mass is 16.6. The maximum atomic E-state index is 13.8. The number of hydrogen-bond acceptors (Lipinski definition) is 7. The van der Waals surface area contributed by atoms with Gasteiger partial charge in [0.25, 0.3) is 0 Å². The summed E-state index contributed by atoms with van der Waals surface area (Å²) in [5.74, 6) is 0.814. The number of piperidine rings is 3. The smallest absolute Gasteiger partial charge is 0.410 e. The van der Waals surface area contributed by atoms with Crippen molar-refractivity contribution in [3.05, 3.63) is 102 Å². The van der Waals surface area contributed by atoms with Crippen molar-refractivity contribution < 1.29 is 28.6 Å². The van der Waals surface area contributed by atoms with Crippen LogP contribution in [-0.4, -0.2) is 90.8 Å². The van der Waals surface area contributed by atoms with Crippen LogP contribution in [0.5, 0.6) is 5.75 Å². The standard InChI is InChI=1S/C44H57N3O6/c1-44(2,3)53-43(50)47-27-21-37(22-28-47)41(48)46-25-19-35(20-26-46)31-51-39-16-10-15-38(29-39)40(36-13-8-5-9-14-36)42(49)52-32-34-17-23-45(24-18-34)30-33-11-6-4-7-12-33/h4-16,29,34-35,37,40H,17-28,30-32H2,1-3H3. The summed E-state index contributed by atoms with van der Waals surface area (Å²) in [4.78, 5) is 45.8. The normalized spacial score (nSPS) is 18.7. The zero-order valence-corrected chi connectivity index (χ0v) is 31.8. The predicted octanol–water partition coefficient (Wildman–Crippen LogP) is 7.54. The number of amides is 2. The highest BCUT2D eigenvalue weighted by molar-refractivity contribution is 5.82. The Bertz CT molecular complexity index is 1620. The van der Waals surface area contributed by atoms with E-state index in [0.717, 1.165) is 62.2 Å². The summed E-state index contributed by atoms with van der Waals surface area (Å²) < 4.78 is 17.9. The summed E-state index contributed by atoms with van der Waals surface area (Å²) >= 11 is 0. The largest absolute Gasteiger partial charge is 0.493 e. The van der Waals surface area contributed by atoms with Gasteiger partial charge in [0.2, 0.25) is 5.91 Å². The van der Waals surface area contributed by atoms with E-state index in [1.54, 1.807) is 4.90 Å². The van der Waals surface area contributed by atoms with Crippen LogP contribution in [0.15, 0.2) is 84.9 Å². The van der Waals surface area contributed by atoms with E-state index in [1.165, 1.54) is 5.56 Å². The van der Waals surface area contributed by atoms with Crippen LogP contribution in [0.1, 0.15) is 81.9 Å². The molecule has 0 radical (unpaired) electrons. The number of rotatable bonds is 11. The van der Waals surface area contributed by atoms with Gasteiger partial charge in [-0.1, -0.05) is 72.8 Å². The van der Waals surface area contributed by atoms with Crippen LogP contribution in [0, 0.1) is 17.8 Å². The Kier molecular flexibility index (Phi) is 13.1. The summed E-state index contributed by atoms with van der Waals surface area (Å²) in [6.07, 6.45) is 4.83. The fraction of sp³-hybridized carbons (Fsp3) is 0.523. The maximum Gasteiger partial charge on any atom is 0.410 e. The van der Waals surface area contributed by atoms with Crippen LogP contribution in [0.3, 0.4) is 0 Å². The van der Waals surface area contributed by atoms with Crippen LogP contribution in [0.4, 0.5) is 4.79 Å². The Hall–Kier alpha value is -4.37. The highest BCUT2D eigenvalue weighted by Crippen LogP contribution is 2.31. The summed E-state index contributed by atoms with van der Waals surface area (Å²) in [6.45, 7) is 12.1. The molecule has 2 amide bonds. The van der Waals surface area contributed by atoms with E-state index in [4.69, 9.17) is 14.2 Å². The molecule has 3 aliphatic heterocycles. The fourth-order valence-corrected chi connectivity index (χ4v) is 7.76. The van der Waals surface area contributed by atoms with Crippen molar-refractivity contribution >= 4 is 18.0 Å². The molecule has 0 bridgehead atoms. The number of nitrogens with zero attached hydrogens (tertiary/aromatic N) is 3. The molecular formula is C44H57N3O6. The number of hydrogen-bond donors (Lipinski definition) is 0. The van der Waals surface area contributed by atoms with Crippen LogP contribution in [-0.2, 0) is 25.6 Å². The topological polar surface area (TPSA) is 88.6 Å². The number of likely N-dealkylation sites (tertiary alicyclic amines) is 3. The Morgan fingerprint density at radius 3 is 1.92 bits per heavy atom. The minimum Gasteiger partial charge on any atom is -0.493 e. The van der Waals surface area contributed by atoms with E-state index in [0.29, 0.717) is 64.1 Å². The molecule has 3 fully saturated rings. The first-order chi connectivity index (χ1) is 25.6. The maximum absolute atomic E-state index is 13.8. The zero-order chi connectivity index (χ0) is 37.2. The number of ether oxygens (including phenoxy) is 3. The molecule has 9 heteroatoms. The van der Waals surface area contributed by atoms with Gasteiger partial charge in [-0.2, -0.15) is 0 Å². The van der Waals surface area contributed by atoms with Crippen molar-refractivity contribution in [2.45, 2.75) is 77.4 Å². The summed E-state index contributed by atoms with van der Waals surface area (Å²) in [6, 6.07) is 28.3. The van der Waals surface area contributed by atoms with E-state index < -0.39 is 11.5 Å². The van der Waals surface area contributed by atoms with Crippen molar-refractivity contribution in [3.63, 3.8) is 0 Å². The van der Waals surface area contributed by atoms with Crippen molar-refractivity contribution in [3.8, 4) is 5.75 Å². The second kappa shape index (κ2) is 18.1. The molecule has 0 aromatic heterocycles. The molecule has 3 saturated heterocycles. The van der Waals surface area contributed by atoms with Gasteiger partial charge in [-0.25, -0.2) is 4.79 Å². The molecule has 3 aliphatic rings. The van der Waals surface area contributed by atoms with Gasteiger partial charge in [0.15, 0.2) is 0 Å². The lowest BCUT2D eigenvalue weighted by molar-refractivity contribution is -0.146. The van der Waals surface area contributed by atoms with Gasteiger partial charge in [0, 0.05) is 38.6 Å².